The largest absolute Gasteiger partial charge is 0.341 e. The normalized spacial score (nSPS) is 29.1. The monoisotopic (exact) mass is 185 g/mol. The summed E-state index contributed by atoms with van der Waals surface area (Å²) in [5.41, 5.74) is 5.94. The van der Waals surface area contributed by atoms with Crippen molar-refractivity contribution < 1.29 is 4.79 Å². The predicted octanol–water partition coefficient (Wildman–Crippen LogP) is 0.575. The fourth-order valence-corrected chi connectivity index (χ4v) is 1.76. The number of nitrogens with one attached hydrogen (secondary N) is 2. The lowest BCUT2D eigenvalue weighted by molar-refractivity contribution is 0.235. The zero-order valence-electron chi connectivity index (χ0n) is 8.18. The van der Waals surface area contributed by atoms with Crippen LogP contribution in [-0.2, 0) is 0 Å². The highest BCUT2D eigenvalue weighted by Gasteiger charge is 2.21. The Bertz CT molecular complexity index is 172. The summed E-state index contributed by atoms with van der Waals surface area (Å²) in [4.78, 5) is 11.1. The van der Waals surface area contributed by atoms with Crippen LogP contribution in [0.1, 0.15) is 32.1 Å². The van der Waals surface area contributed by atoms with Crippen LogP contribution in [0.25, 0.3) is 0 Å². The molecule has 0 radical (unpaired) electrons. The van der Waals surface area contributed by atoms with E-state index in [0.717, 1.165) is 12.8 Å². The molecule has 0 heterocycles. The van der Waals surface area contributed by atoms with E-state index >= 15 is 0 Å². The van der Waals surface area contributed by atoms with Crippen molar-refractivity contribution in [2.24, 2.45) is 5.73 Å². The Morgan fingerprint density at radius 3 is 2.69 bits per heavy atom. The van der Waals surface area contributed by atoms with E-state index in [0.29, 0.717) is 0 Å². The van der Waals surface area contributed by atoms with E-state index in [1.54, 1.807) is 7.05 Å². The molecule has 1 aliphatic carbocycles. The van der Waals surface area contributed by atoms with E-state index in [4.69, 9.17) is 5.73 Å². The Hall–Kier alpha value is -0.770. The van der Waals surface area contributed by atoms with E-state index < -0.39 is 0 Å². The van der Waals surface area contributed by atoms with Gasteiger partial charge in [-0.2, -0.15) is 0 Å². The minimum absolute atomic E-state index is 0.123. The summed E-state index contributed by atoms with van der Waals surface area (Å²) in [6.45, 7) is 0. The first-order valence-corrected chi connectivity index (χ1v) is 4.98. The summed E-state index contributed by atoms with van der Waals surface area (Å²) in [7, 11) is 1.62. The maximum absolute atomic E-state index is 11.1. The van der Waals surface area contributed by atoms with Crippen molar-refractivity contribution in [3.8, 4) is 0 Å². The highest BCUT2D eigenvalue weighted by Crippen LogP contribution is 2.16. The zero-order chi connectivity index (χ0) is 9.68. The van der Waals surface area contributed by atoms with Gasteiger partial charge in [-0.25, -0.2) is 4.79 Å². The molecule has 76 valence electrons. The lowest BCUT2D eigenvalue weighted by Crippen LogP contribution is -2.49. The standard InChI is InChI=1S/C9H19N3O/c1-11-9(13)12-8-6-4-2-3-5-7(8)10/h7-8H,2-6,10H2,1H3,(H2,11,12,13). The molecule has 0 aromatic carbocycles. The Morgan fingerprint density at radius 2 is 2.00 bits per heavy atom. The van der Waals surface area contributed by atoms with Crippen LogP contribution in [0.15, 0.2) is 0 Å². The third kappa shape index (κ3) is 3.22. The van der Waals surface area contributed by atoms with E-state index in [2.05, 4.69) is 10.6 Å². The fraction of sp³-hybridized carbons (Fsp3) is 0.889. The van der Waals surface area contributed by atoms with Gasteiger partial charge in [-0.15, -0.1) is 0 Å². The maximum atomic E-state index is 11.1. The number of urea groups is 1. The van der Waals surface area contributed by atoms with Crippen LogP contribution in [0, 0.1) is 0 Å². The van der Waals surface area contributed by atoms with Crippen molar-refractivity contribution >= 4 is 6.03 Å². The third-order valence-corrected chi connectivity index (χ3v) is 2.61. The lowest BCUT2D eigenvalue weighted by atomic mass is 10.0. The topological polar surface area (TPSA) is 67.2 Å². The second-order valence-corrected chi connectivity index (χ2v) is 3.63. The SMILES string of the molecule is CNC(=O)NC1CCCCCC1N. The Kier molecular flexibility index (Phi) is 4.02. The maximum Gasteiger partial charge on any atom is 0.314 e. The molecule has 13 heavy (non-hydrogen) atoms. The van der Waals surface area contributed by atoms with E-state index in [1.807, 2.05) is 0 Å². The molecular weight excluding hydrogens is 166 g/mol. The van der Waals surface area contributed by atoms with Gasteiger partial charge in [0, 0.05) is 19.1 Å². The van der Waals surface area contributed by atoms with Crippen molar-refractivity contribution in [3.05, 3.63) is 0 Å². The molecule has 1 aliphatic rings. The molecule has 0 bridgehead atoms. The van der Waals surface area contributed by atoms with Crippen LogP contribution in [0.2, 0.25) is 0 Å². The Balaban J connectivity index is 2.40. The van der Waals surface area contributed by atoms with Crippen molar-refractivity contribution in [1.29, 1.82) is 0 Å². The van der Waals surface area contributed by atoms with Gasteiger partial charge in [-0.05, 0) is 12.8 Å². The number of rotatable bonds is 1. The molecule has 0 saturated heterocycles. The number of hydrogen-bond donors (Lipinski definition) is 3. The molecule has 0 aromatic rings. The molecule has 0 aromatic heterocycles. The summed E-state index contributed by atoms with van der Waals surface area (Å²) in [6.07, 6.45) is 5.62. The van der Waals surface area contributed by atoms with Gasteiger partial charge in [0.1, 0.15) is 0 Å². The highest BCUT2D eigenvalue weighted by molar-refractivity contribution is 5.73. The molecule has 4 nitrogen and oxygen atoms in total. The Morgan fingerprint density at radius 1 is 1.31 bits per heavy atom. The molecule has 2 unspecified atom stereocenters. The number of carbonyl (C=O) groups excluding carboxylic acids is 1. The van der Waals surface area contributed by atoms with Crippen molar-refractivity contribution in [3.63, 3.8) is 0 Å². The van der Waals surface area contributed by atoms with Crippen molar-refractivity contribution in [2.75, 3.05) is 7.05 Å². The van der Waals surface area contributed by atoms with Gasteiger partial charge in [0.05, 0.1) is 0 Å². The van der Waals surface area contributed by atoms with Gasteiger partial charge < -0.3 is 16.4 Å². The van der Waals surface area contributed by atoms with Gasteiger partial charge in [0.25, 0.3) is 0 Å². The van der Waals surface area contributed by atoms with E-state index in [1.165, 1.54) is 19.3 Å². The fourth-order valence-electron chi connectivity index (χ4n) is 1.76. The molecule has 1 saturated carbocycles. The van der Waals surface area contributed by atoms with Gasteiger partial charge >= 0.3 is 6.03 Å². The molecule has 4 heteroatoms. The van der Waals surface area contributed by atoms with Gasteiger partial charge in [-0.1, -0.05) is 19.3 Å². The summed E-state index contributed by atoms with van der Waals surface area (Å²) in [5, 5.41) is 5.43. The molecular formula is C9H19N3O. The van der Waals surface area contributed by atoms with Crippen LogP contribution in [0.3, 0.4) is 0 Å². The second kappa shape index (κ2) is 5.07. The van der Waals surface area contributed by atoms with Crippen LogP contribution in [-0.4, -0.2) is 25.2 Å². The number of nitrogens with two attached hydrogens (primary N) is 1. The average molecular weight is 185 g/mol. The zero-order valence-corrected chi connectivity index (χ0v) is 8.18. The van der Waals surface area contributed by atoms with Crippen LogP contribution < -0.4 is 16.4 Å². The molecule has 4 N–H and O–H groups in total. The smallest absolute Gasteiger partial charge is 0.314 e. The molecule has 2 amide bonds. The Labute approximate surface area is 79.3 Å². The number of carbonyl (C=O) groups is 1. The van der Waals surface area contributed by atoms with Crippen molar-refractivity contribution in [2.45, 2.75) is 44.2 Å². The van der Waals surface area contributed by atoms with Crippen LogP contribution >= 0.6 is 0 Å². The van der Waals surface area contributed by atoms with E-state index in [9.17, 15) is 4.79 Å². The first-order valence-electron chi connectivity index (χ1n) is 4.98. The molecule has 0 aliphatic heterocycles. The summed E-state index contributed by atoms with van der Waals surface area (Å²) >= 11 is 0. The predicted molar refractivity (Wildman–Crippen MR) is 52.4 cm³/mol. The summed E-state index contributed by atoms with van der Waals surface area (Å²) in [6, 6.07) is 0.157. The minimum atomic E-state index is -0.123. The van der Waals surface area contributed by atoms with Crippen LogP contribution in [0.4, 0.5) is 4.79 Å². The quantitative estimate of drug-likeness (QED) is 0.523. The molecule has 1 fully saturated rings. The third-order valence-electron chi connectivity index (χ3n) is 2.61. The number of hydrogen-bond acceptors (Lipinski definition) is 2. The van der Waals surface area contributed by atoms with Gasteiger partial charge in [0.15, 0.2) is 0 Å². The van der Waals surface area contributed by atoms with E-state index in [-0.39, 0.29) is 18.1 Å². The minimum Gasteiger partial charge on any atom is -0.341 e. The molecule has 1 rings (SSSR count). The highest BCUT2D eigenvalue weighted by atomic mass is 16.2. The summed E-state index contributed by atoms with van der Waals surface area (Å²) < 4.78 is 0. The van der Waals surface area contributed by atoms with Crippen LogP contribution in [0.5, 0.6) is 0 Å². The second-order valence-electron chi connectivity index (χ2n) is 3.63. The molecule has 0 spiro atoms. The first kappa shape index (κ1) is 10.3. The van der Waals surface area contributed by atoms with Crippen molar-refractivity contribution in [1.82, 2.24) is 10.6 Å². The summed E-state index contributed by atoms with van der Waals surface area (Å²) in [5.74, 6) is 0. The number of amides is 2. The van der Waals surface area contributed by atoms with Gasteiger partial charge in [-0.3, -0.25) is 0 Å². The first-order chi connectivity index (χ1) is 6.24. The van der Waals surface area contributed by atoms with Gasteiger partial charge in [0.2, 0.25) is 0 Å². The average Bonchev–Trinajstić information content (AvgIpc) is 2.32. The lowest BCUT2D eigenvalue weighted by Gasteiger charge is -2.22. The molecule has 2 atom stereocenters.